The van der Waals surface area contributed by atoms with Gasteiger partial charge in [0.15, 0.2) is 11.5 Å². The van der Waals surface area contributed by atoms with Crippen LogP contribution >= 0.6 is 0 Å². The average molecular weight is 451 g/mol. The second kappa shape index (κ2) is 10.2. The first-order chi connectivity index (χ1) is 15.0. The molecule has 8 heteroatoms. The molecule has 1 aromatic carbocycles. The normalized spacial score (nSPS) is 23.3. The fourth-order valence-corrected chi connectivity index (χ4v) is 6.13. The van der Waals surface area contributed by atoms with Crippen LogP contribution in [0.2, 0.25) is 0 Å². The maximum Gasteiger partial charge on any atom is 0.240 e. The van der Waals surface area contributed by atoms with Gasteiger partial charge in [0.2, 0.25) is 15.9 Å². The number of nitrogens with zero attached hydrogens (tertiary/aromatic N) is 1. The Balaban J connectivity index is 1.14. The van der Waals surface area contributed by atoms with Crippen LogP contribution in [0.15, 0.2) is 23.1 Å². The molecule has 0 bridgehead atoms. The third kappa shape index (κ3) is 5.71. The summed E-state index contributed by atoms with van der Waals surface area (Å²) in [6, 6.07) is 4.67. The van der Waals surface area contributed by atoms with Crippen LogP contribution in [-0.4, -0.2) is 52.1 Å². The zero-order valence-corrected chi connectivity index (χ0v) is 19.0. The molecule has 1 aliphatic carbocycles. The van der Waals surface area contributed by atoms with E-state index in [2.05, 4.69) is 9.62 Å². The van der Waals surface area contributed by atoms with Crippen molar-refractivity contribution in [2.45, 2.75) is 62.7 Å². The zero-order valence-electron chi connectivity index (χ0n) is 18.2. The molecule has 0 aromatic heterocycles. The van der Waals surface area contributed by atoms with E-state index in [0.717, 1.165) is 38.3 Å². The second-order valence-corrected chi connectivity index (χ2v) is 10.7. The number of nitrogens with one attached hydrogen (secondary N) is 1. The van der Waals surface area contributed by atoms with Gasteiger partial charge in [0, 0.05) is 32.1 Å². The predicted molar refractivity (Wildman–Crippen MR) is 118 cm³/mol. The van der Waals surface area contributed by atoms with E-state index in [0.29, 0.717) is 50.0 Å². The molecular formula is C23H34N2O5S. The lowest BCUT2D eigenvalue weighted by Crippen LogP contribution is -2.44. The van der Waals surface area contributed by atoms with Gasteiger partial charge in [-0.25, -0.2) is 13.1 Å². The van der Waals surface area contributed by atoms with Crippen molar-refractivity contribution in [3.05, 3.63) is 18.2 Å². The zero-order chi connectivity index (χ0) is 21.7. The van der Waals surface area contributed by atoms with E-state index >= 15 is 0 Å². The van der Waals surface area contributed by atoms with Gasteiger partial charge in [0.1, 0.15) is 13.2 Å². The lowest BCUT2D eigenvalue weighted by Gasteiger charge is -2.41. The van der Waals surface area contributed by atoms with Crippen LogP contribution < -0.4 is 14.2 Å². The number of piperidine rings is 1. The highest BCUT2D eigenvalue weighted by atomic mass is 32.2. The summed E-state index contributed by atoms with van der Waals surface area (Å²) >= 11 is 0. The summed E-state index contributed by atoms with van der Waals surface area (Å²) < 4.78 is 38.6. The molecule has 1 amide bonds. The van der Waals surface area contributed by atoms with Crippen molar-refractivity contribution in [2.75, 3.05) is 32.8 Å². The highest BCUT2D eigenvalue weighted by Gasteiger charge is 2.32. The van der Waals surface area contributed by atoms with Crippen LogP contribution in [0.5, 0.6) is 11.5 Å². The van der Waals surface area contributed by atoms with Crippen molar-refractivity contribution >= 4 is 15.9 Å². The minimum absolute atomic E-state index is 0.179. The summed E-state index contributed by atoms with van der Waals surface area (Å²) in [7, 11) is -3.59. The fourth-order valence-electron chi connectivity index (χ4n) is 5.04. The summed E-state index contributed by atoms with van der Waals surface area (Å²) in [6.45, 7) is 3.10. The Kier molecular flexibility index (Phi) is 7.38. The van der Waals surface area contributed by atoms with E-state index in [1.807, 2.05) is 0 Å². The maximum absolute atomic E-state index is 12.6. The monoisotopic (exact) mass is 450 g/mol. The van der Waals surface area contributed by atoms with Crippen molar-refractivity contribution in [1.29, 1.82) is 0 Å². The predicted octanol–water partition coefficient (Wildman–Crippen LogP) is 3.34. The van der Waals surface area contributed by atoms with Crippen LogP contribution in [0.4, 0.5) is 0 Å². The van der Waals surface area contributed by atoms with E-state index in [9.17, 15) is 13.2 Å². The van der Waals surface area contributed by atoms with Gasteiger partial charge < -0.3 is 14.4 Å². The summed E-state index contributed by atoms with van der Waals surface area (Å²) in [6.07, 6.45) is 9.35. The third-order valence-electron chi connectivity index (χ3n) is 6.83. The van der Waals surface area contributed by atoms with Gasteiger partial charge in [-0.05, 0) is 49.7 Å². The number of fused-ring (bicyclic) bond motifs is 2. The highest BCUT2D eigenvalue weighted by Crippen LogP contribution is 2.36. The topological polar surface area (TPSA) is 84.9 Å². The molecule has 2 aliphatic heterocycles. The van der Waals surface area contributed by atoms with Crippen molar-refractivity contribution in [3.63, 3.8) is 0 Å². The molecule has 1 saturated heterocycles. The number of benzene rings is 1. The Morgan fingerprint density at radius 2 is 1.77 bits per heavy atom. The molecule has 0 unspecified atom stereocenters. The highest BCUT2D eigenvalue weighted by molar-refractivity contribution is 7.89. The Morgan fingerprint density at radius 1 is 1.00 bits per heavy atom. The van der Waals surface area contributed by atoms with Crippen molar-refractivity contribution < 1.29 is 22.7 Å². The van der Waals surface area contributed by atoms with Crippen LogP contribution in [0.3, 0.4) is 0 Å². The quantitative estimate of drug-likeness (QED) is 0.614. The number of sulfonamides is 1. The molecule has 1 N–H and O–H groups in total. The van der Waals surface area contributed by atoms with E-state index < -0.39 is 10.0 Å². The van der Waals surface area contributed by atoms with Gasteiger partial charge in [0.25, 0.3) is 0 Å². The van der Waals surface area contributed by atoms with Crippen molar-refractivity contribution in [3.8, 4) is 11.5 Å². The number of carbonyl (C=O) groups excluding carboxylic acids is 1. The number of rotatable bonds is 8. The lowest BCUT2D eigenvalue weighted by molar-refractivity contribution is -0.134. The van der Waals surface area contributed by atoms with Crippen LogP contribution in [-0.2, 0) is 14.8 Å². The number of likely N-dealkylation sites (tertiary alicyclic amines) is 1. The number of hydrogen-bond donors (Lipinski definition) is 1. The third-order valence-corrected chi connectivity index (χ3v) is 8.29. The molecule has 2 fully saturated rings. The molecular weight excluding hydrogens is 416 g/mol. The first-order valence-electron chi connectivity index (χ1n) is 11.7. The molecule has 31 heavy (non-hydrogen) atoms. The van der Waals surface area contributed by atoms with E-state index in [1.54, 1.807) is 6.07 Å². The molecule has 1 saturated carbocycles. The van der Waals surface area contributed by atoms with Gasteiger partial charge in [-0.1, -0.05) is 25.7 Å². The second-order valence-electron chi connectivity index (χ2n) is 8.95. The van der Waals surface area contributed by atoms with E-state index in [1.165, 1.54) is 37.8 Å². The standard InChI is InChI=1S/C23H34N2O5S/c26-23(25-13-11-18-6-3-4-7-19(18)17-25)8-2-1-5-12-24-31(27,28)20-9-10-21-22(16-20)30-15-14-29-21/h9-10,16,18-19,24H,1-8,11-15,17H2/t18-,19+/m1/s1. The van der Waals surface area contributed by atoms with Crippen molar-refractivity contribution in [1.82, 2.24) is 9.62 Å². The summed E-state index contributed by atoms with van der Waals surface area (Å²) in [5, 5.41) is 0. The number of amides is 1. The van der Waals surface area contributed by atoms with Gasteiger partial charge in [-0.3, -0.25) is 4.79 Å². The molecule has 172 valence electrons. The number of hydrogen-bond acceptors (Lipinski definition) is 5. The summed E-state index contributed by atoms with van der Waals surface area (Å²) in [4.78, 5) is 14.8. The molecule has 7 nitrogen and oxygen atoms in total. The lowest BCUT2D eigenvalue weighted by atomic mass is 9.75. The largest absolute Gasteiger partial charge is 0.486 e. The Labute approximate surface area is 185 Å². The van der Waals surface area contributed by atoms with Gasteiger partial charge >= 0.3 is 0 Å². The van der Waals surface area contributed by atoms with E-state index in [-0.39, 0.29) is 10.8 Å². The SMILES string of the molecule is O=C(CCCCCNS(=O)(=O)c1ccc2c(c1)OCCO2)N1CC[C@H]2CCCC[C@H]2C1. The van der Waals surface area contributed by atoms with Crippen LogP contribution in [0, 0.1) is 11.8 Å². The Morgan fingerprint density at radius 3 is 2.61 bits per heavy atom. The first-order valence-corrected chi connectivity index (χ1v) is 13.2. The van der Waals surface area contributed by atoms with Gasteiger partial charge in [0.05, 0.1) is 4.90 Å². The molecule has 3 aliphatic rings. The number of carbonyl (C=O) groups is 1. The fraction of sp³-hybridized carbons (Fsp3) is 0.696. The number of ether oxygens (including phenoxy) is 2. The molecule has 4 rings (SSSR count). The average Bonchev–Trinajstić information content (AvgIpc) is 2.80. The van der Waals surface area contributed by atoms with Crippen molar-refractivity contribution in [2.24, 2.45) is 11.8 Å². The summed E-state index contributed by atoms with van der Waals surface area (Å²) in [5.74, 6) is 2.84. The minimum atomic E-state index is -3.59. The molecule has 0 spiro atoms. The first kappa shape index (κ1) is 22.4. The molecule has 1 aromatic rings. The molecule has 2 atom stereocenters. The maximum atomic E-state index is 12.6. The smallest absolute Gasteiger partial charge is 0.240 e. The Hall–Kier alpha value is -1.80. The van der Waals surface area contributed by atoms with Crippen LogP contribution in [0.25, 0.3) is 0 Å². The molecule has 0 radical (unpaired) electrons. The minimum Gasteiger partial charge on any atom is -0.486 e. The molecule has 2 heterocycles. The Bertz CT molecular complexity index is 873. The van der Waals surface area contributed by atoms with Gasteiger partial charge in [-0.2, -0.15) is 0 Å². The van der Waals surface area contributed by atoms with E-state index in [4.69, 9.17) is 9.47 Å². The summed E-state index contributed by atoms with van der Waals surface area (Å²) in [5.41, 5.74) is 0. The van der Waals surface area contributed by atoms with Gasteiger partial charge in [-0.15, -0.1) is 0 Å². The number of unbranched alkanes of at least 4 members (excludes halogenated alkanes) is 2. The van der Waals surface area contributed by atoms with Crippen LogP contribution in [0.1, 0.15) is 57.8 Å².